The molecule has 0 bridgehead atoms. The smallest absolute Gasteiger partial charge is 0.144 e. The number of ether oxygens (including phenoxy) is 1. The van der Waals surface area contributed by atoms with Gasteiger partial charge in [0, 0.05) is 23.6 Å². The van der Waals surface area contributed by atoms with Gasteiger partial charge in [-0.05, 0) is 38.5 Å². The molecule has 1 heterocycles. The largest absolute Gasteiger partial charge is 0.489 e. The molecule has 4 heteroatoms. The SMILES string of the molecule is CC(C)=CCOc1cc(C)ccc1CC(=O)Cc1nccs1. The Kier molecular flexibility index (Phi) is 5.90. The van der Waals surface area contributed by atoms with Gasteiger partial charge in [0.1, 0.15) is 18.1 Å². The van der Waals surface area contributed by atoms with Crippen LogP contribution in [0.3, 0.4) is 0 Å². The van der Waals surface area contributed by atoms with Crippen LogP contribution in [0.4, 0.5) is 0 Å². The highest BCUT2D eigenvalue weighted by Crippen LogP contribution is 2.22. The molecule has 2 rings (SSSR count). The maximum Gasteiger partial charge on any atom is 0.144 e. The van der Waals surface area contributed by atoms with Crippen LogP contribution >= 0.6 is 11.3 Å². The van der Waals surface area contributed by atoms with Crippen molar-refractivity contribution in [3.63, 3.8) is 0 Å². The fraction of sp³-hybridized carbons (Fsp3) is 0.333. The van der Waals surface area contributed by atoms with Gasteiger partial charge in [-0.25, -0.2) is 4.98 Å². The molecule has 1 aromatic carbocycles. The molecule has 0 fully saturated rings. The third-order valence-electron chi connectivity index (χ3n) is 3.17. The van der Waals surface area contributed by atoms with Gasteiger partial charge in [-0.1, -0.05) is 17.7 Å². The molecule has 0 spiro atoms. The minimum absolute atomic E-state index is 0.158. The van der Waals surface area contributed by atoms with Crippen LogP contribution < -0.4 is 4.74 Å². The minimum Gasteiger partial charge on any atom is -0.489 e. The number of aryl methyl sites for hydroxylation is 1. The van der Waals surface area contributed by atoms with Gasteiger partial charge in [0.15, 0.2) is 0 Å². The summed E-state index contributed by atoms with van der Waals surface area (Å²) in [4.78, 5) is 16.4. The van der Waals surface area contributed by atoms with Crippen LogP contribution in [0.1, 0.15) is 30.0 Å². The molecular weight excluding hydrogens is 294 g/mol. The number of Topliss-reactive ketones (excluding diaryl/α,β-unsaturated/α-hetero) is 1. The standard InChI is InChI=1S/C18H21NO2S/c1-13(2)6-8-21-17-10-14(3)4-5-15(17)11-16(20)12-18-19-7-9-22-18/h4-7,9-10H,8,11-12H2,1-3H3. The number of carbonyl (C=O) groups is 1. The summed E-state index contributed by atoms with van der Waals surface area (Å²) >= 11 is 1.51. The lowest BCUT2D eigenvalue weighted by Crippen LogP contribution is -2.08. The molecule has 2 aromatic rings. The number of hydrogen-bond acceptors (Lipinski definition) is 4. The van der Waals surface area contributed by atoms with E-state index in [-0.39, 0.29) is 5.78 Å². The van der Waals surface area contributed by atoms with Crippen molar-refractivity contribution < 1.29 is 9.53 Å². The van der Waals surface area contributed by atoms with Gasteiger partial charge in [0.2, 0.25) is 0 Å². The van der Waals surface area contributed by atoms with Gasteiger partial charge >= 0.3 is 0 Å². The number of benzene rings is 1. The molecule has 116 valence electrons. The quantitative estimate of drug-likeness (QED) is 0.721. The van der Waals surface area contributed by atoms with Crippen molar-refractivity contribution in [2.24, 2.45) is 0 Å². The van der Waals surface area contributed by atoms with Crippen molar-refractivity contribution in [1.29, 1.82) is 0 Å². The number of thiazole rings is 1. The van der Waals surface area contributed by atoms with E-state index in [1.165, 1.54) is 16.9 Å². The van der Waals surface area contributed by atoms with E-state index in [0.717, 1.165) is 21.9 Å². The van der Waals surface area contributed by atoms with E-state index in [0.29, 0.717) is 19.4 Å². The predicted molar refractivity (Wildman–Crippen MR) is 90.6 cm³/mol. The molecule has 0 N–H and O–H groups in total. The first kappa shape index (κ1) is 16.4. The van der Waals surface area contributed by atoms with Gasteiger partial charge in [-0.15, -0.1) is 11.3 Å². The molecule has 0 atom stereocenters. The molecule has 1 aromatic heterocycles. The normalized spacial score (nSPS) is 10.3. The first-order valence-electron chi connectivity index (χ1n) is 7.30. The third-order valence-corrected chi connectivity index (χ3v) is 3.95. The molecule has 3 nitrogen and oxygen atoms in total. The van der Waals surface area contributed by atoms with Gasteiger partial charge in [-0.2, -0.15) is 0 Å². The molecule has 0 aliphatic carbocycles. The van der Waals surface area contributed by atoms with E-state index >= 15 is 0 Å². The summed E-state index contributed by atoms with van der Waals surface area (Å²) in [5, 5.41) is 2.76. The Balaban J connectivity index is 2.05. The lowest BCUT2D eigenvalue weighted by molar-refractivity contribution is -0.117. The fourth-order valence-corrected chi connectivity index (χ4v) is 2.67. The number of carbonyl (C=O) groups excluding carboxylic acids is 1. The van der Waals surface area contributed by atoms with Crippen LogP contribution in [0.15, 0.2) is 41.4 Å². The summed E-state index contributed by atoms with van der Waals surface area (Å²) in [6.45, 7) is 6.63. The van der Waals surface area contributed by atoms with Crippen LogP contribution in [-0.2, 0) is 17.6 Å². The van der Waals surface area contributed by atoms with E-state index in [1.807, 2.05) is 50.4 Å². The zero-order valence-corrected chi connectivity index (χ0v) is 14.1. The third kappa shape index (κ3) is 5.11. The minimum atomic E-state index is 0.158. The van der Waals surface area contributed by atoms with E-state index in [9.17, 15) is 4.79 Å². The topological polar surface area (TPSA) is 39.2 Å². The van der Waals surface area contributed by atoms with Crippen molar-refractivity contribution >= 4 is 17.1 Å². The highest BCUT2D eigenvalue weighted by molar-refractivity contribution is 7.09. The van der Waals surface area contributed by atoms with E-state index in [2.05, 4.69) is 4.98 Å². The Bertz CT molecular complexity index is 656. The monoisotopic (exact) mass is 315 g/mol. The molecule has 0 aliphatic rings. The van der Waals surface area contributed by atoms with Crippen molar-refractivity contribution in [3.05, 3.63) is 57.6 Å². The second-order valence-corrected chi connectivity index (χ2v) is 6.50. The van der Waals surface area contributed by atoms with Crippen molar-refractivity contribution in [2.75, 3.05) is 6.61 Å². The van der Waals surface area contributed by atoms with Crippen molar-refractivity contribution in [1.82, 2.24) is 4.98 Å². The van der Waals surface area contributed by atoms with E-state index in [4.69, 9.17) is 4.74 Å². The lowest BCUT2D eigenvalue weighted by atomic mass is 10.0. The summed E-state index contributed by atoms with van der Waals surface area (Å²) in [6.07, 6.45) is 4.53. The van der Waals surface area contributed by atoms with Crippen LogP contribution in [0.5, 0.6) is 5.75 Å². The summed E-state index contributed by atoms with van der Waals surface area (Å²) in [5.74, 6) is 0.954. The molecular formula is C18H21NO2S. The number of hydrogen-bond donors (Lipinski definition) is 0. The van der Waals surface area contributed by atoms with Gasteiger partial charge in [0.05, 0.1) is 11.4 Å². The van der Waals surface area contributed by atoms with Gasteiger partial charge in [0.25, 0.3) is 0 Å². The molecule has 0 radical (unpaired) electrons. The number of aromatic nitrogens is 1. The van der Waals surface area contributed by atoms with Crippen LogP contribution in [0.2, 0.25) is 0 Å². The Hall–Kier alpha value is -1.94. The Labute approximate surface area is 135 Å². The highest BCUT2D eigenvalue weighted by Gasteiger charge is 2.11. The molecule has 0 aliphatic heterocycles. The highest BCUT2D eigenvalue weighted by atomic mass is 32.1. The van der Waals surface area contributed by atoms with Crippen LogP contribution in [-0.4, -0.2) is 17.4 Å². The summed E-state index contributed by atoms with van der Waals surface area (Å²) < 4.78 is 5.82. The molecule has 0 amide bonds. The molecule has 22 heavy (non-hydrogen) atoms. The maximum absolute atomic E-state index is 12.2. The van der Waals surface area contributed by atoms with E-state index in [1.54, 1.807) is 6.20 Å². The Morgan fingerprint density at radius 2 is 2.14 bits per heavy atom. The van der Waals surface area contributed by atoms with Crippen LogP contribution in [0, 0.1) is 6.92 Å². The number of rotatable bonds is 7. The maximum atomic E-state index is 12.2. The number of nitrogens with zero attached hydrogens (tertiary/aromatic N) is 1. The lowest BCUT2D eigenvalue weighted by Gasteiger charge is -2.11. The van der Waals surface area contributed by atoms with Crippen molar-refractivity contribution in [2.45, 2.75) is 33.6 Å². The second-order valence-electron chi connectivity index (χ2n) is 5.52. The number of ketones is 1. The summed E-state index contributed by atoms with van der Waals surface area (Å²) in [6, 6.07) is 5.98. The first-order chi connectivity index (χ1) is 10.5. The fourth-order valence-electron chi connectivity index (χ4n) is 2.02. The summed E-state index contributed by atoms with van der Waals surface area (Å²) in [5.41, 5.74) is 3.28. The average Bonchev–Trinajstić information content (AvgIpc) is 2.94. The summed E-state index contributed by atoms with van der Waals surface area (Å²) in [7, 11) is 0. The Morgan fingerprint density at radius 1 is 1.32 bits per heavy atom. The average molecular weight is 315 g/mol. The van der Waals surface area contributed by atoms with Gasteiger partial charge in [-0.3, -0.25) is 4.79 Å². The molecule has 0 unspecified atom stereocenters. The second kappa shape index (κ2) is 7.90. The number of allylic oxidation sites excluding steroid dienone is 1. The zero-order chi connectivity index (χ0) is 15.9. The van der Waals surface area contributed by atoms with Crippen LogP contribution in [0.25, 0.3) is 0 Å². The first-order valence-corrected chi connectivity index (χ1v) is 8.18. The predicted octanol–water partition coefficient (Wildman–Crippen LogP) is 4.15. The van der Waals surface area contributed by atoms with Crippen molar-refractivity contribution in [3.8, 4) is 5.75 Å². The molecule has 0 saturated heterocycles. The molecule has 0 saturated carbocycles. The van der Waals surface area contributed by atoms with Gasteiger partial charge < -0.3 is 4.74 Å². The van der Waals surface area contributed by atoms with E-state index < -0.39 is 0 Å². The zero-order valence-electron chi connectivity index (χ0n) is 13.3. The Morgan fingerprint density at radius 3 is 2.82 bits per heavy atom.